The van der Waals surface area contributed by atoms with E-state index in [4.69, 9.17) is 0 Å². The SMILES string of the molecule is CC.CCCC(=O)NCC1CC12CCN(CCN1CCN(C(C)C)CC1)CC2.[HH]. The summed E-state index contributed by atoms with van der Waals surface area (Å²) < 4.78 is 0. The topological polar surface area (TPSA) is 38.8 Å². The lowest BCUT2D eigenvalue weighted by Crippen LogP contribution is -2.50. The van der Waals surface area contributed by atoms with Crippen LogP contribution in [0.15, 0.2) is 0 Å². The van der Waals surface area contributed by atoms with Crippen LogP contribution in [-0.2, 0) is 4.79 Å². The van der Waals surface area contributed by atoms with E-state index in [0.29, 0.717) is 17.9 Å². The fourth-order valence-electron chi connectivity index (χ4n) is 4.89. The minimum Gasteiger partial charge on any atom is -0.356 e. The zero-order valence-electron chi connectivity index (χ0n) is 19.3. The first kappa shape index (κ1) is 23.6. The average molecular weight is 397 g/mol. The van der Waals surface area contributed by atoms with Crippen LogP contribution in [-0.4, -0.2) is 85.6 Å². The molecule has 1 unspecified atom stereocenters. The van der Waals surface area contributed by atoms with E-state index in [2.05, 4.69) is 40.8 Å². The molecule has 1 saturated carbocycles. The molecule has 1 atom stereocenters. The van der Waals surface area contributed by atoms with E-state index in [0.717, 1.165) is 18.9 Å². The summed E-state index contributed by atoms with van der Waals surface area (Å²) in [5, 5.41) is 3.14. The highest BCUT2D eigenvalue weighted by Crippen LogP contribution is 2.58. The molecule has 1 spiro atoms. The van der Waals surface area contributed by atoms with Gasteiger partial charge in [-0.2, -0.15) is 0 Å². The molecule has 0 bridgehead atoms. The number of hydrogen-bond donors (Lipinski definition) is 1. The second-order valence-electron chi connectivity index (χ2n) is 9.13. The molecular weight excluding hydrogens is 348 g/mol. The van der Waals surface area contributed by atoms with Crippen LogP contribution in [0.2, 0.25) is 0 Å². The summed E-state index contributed by atoms with van der Waals surface area (Å²) in [5.41, 5.74) is 0.568. The molecule has 5 heteroatoms. The third-order valence-corrected chi connectivity index (χ3v) is 7.10. The Balaban J connectivity index is 0.00000136. The zero-order valence-corrected chi connectivity index (χ0v) is 19.3. The van der Waals surface area contributed by atoms with E-state index in [1.54, 1.807) is 0 Å². The Morgan fingerprint density at radius 2 is 1.61 bits per heavy atom. The van der Waals surface area contributed by atoms with Crippen LogP contribution in [0.25, 0.3) is 0 Å². The van der Waals surface area contributed by atoms with Gasteiger partial charge >= 0.3 is 0 Å². The van der Waals surface area contributed by atoms with Crippen molar-refractivity contribution in [3.05, 3.63) is 0 Å². The predicted molar refractivity (Wildman–Crippen MR) is 121 cm³/mol. The third-order valence-electron chi connectivity index (χ3n) is 7.10. The normalized spacial score (nSPS) is 25.4. The highest BCUT2D eigenvalue weighted by atomic mass is 16.1. The van der Waals surface area contributed by atoms with Crippen molar-refractivity contribution in [1.29, 1.82) is 0 Å². The molecule has 0 aromatic carbocycles. The number of piperidine rings is 1. The van der Waals surface area contributed by atoms with Crippen LogP contribution in [0.3, 0.4) is 0 Å². The minimum atomic E-state index is 0. The predicted octanol–water partition coefficient (Wildman–Crippen LogP) is 3.30. The monoisotopic (exact) mass is 396 g/mol. The number of likely N-dealkylation sites (tertiary alicyclic amines) is 1. The summed E-state index contributed by atoms with van der Waals surface area (Å²) in [7, 11) is 0. The number of nitrogens with one attached hydrogen (secondary N) is 1. The van der Waals surface area contributed by atoms with Crippen LogP contribution < -0.4 is 5.32 Å². The average Bonchev–Trinajstić information content (AvgIpc) is 3.40. The first-order valence-corrected chi connectivity index (χ1v) is 12.0. The molecule has 5 nitrogen and oxygen atoms in total. The lowest BCUT2D eigenvalue weighted by atomic mass is 9.91. The van der Waals surface area contributed by atoms with Gasteiger partial charge in [0.15, 0.2) is 0 Å². The summed E-state index contributed by atoms with van der Waals surface area (Å²) in [6.07, 6.45) is 5.64. The van der Waals surface area contributed by atoms with Crippen molar-refractivity contribution in [1.82, 2.24) is 20.0 Å². The lowest BCUT2D eigenvalue weighted by molar-refractivity contribution is -0.121. The van der Waals surface area contributed by atoms with E-state index in [9.17, 15) is 4.79 Å². The minimum absolute atomic E-state index is 0. The molecule has 0 radical (unpaired) electrons. The molecular formula is C23H48N4O. The second-order valence-corrected chi connectivity index (χ2v) is 9.13. The van der Waals surface area contributed by atoms with E-state index >= 15 is 0 Å². The van der Waals surface area contributed by atoms with Crippen molar-refractivity contribution < 1.29 is 6.22 Å². The van der Waals surface area contributed by atoms with Gasteiger partial charge in [-0.1, -0.05) is 20.8 Å². The number of rotatable bonds is 8. The Morgan fingerprint density at radius 1 is 1.04 bits per heavy atom. The summed E-state index contributed by atoms with van der Waals surface area (Å²) in [6, 6.07) is 0.689. The van der Waals surface area contributed by atoms with Gasteiger partial charge in [-0.25, -0.2) is 0 Å². The second kappa shape index (κ2) is 11.5. The van der Waals surface area contributed by atoms with Gasteiger partial charge in [-0.15, -0.1) is 0 Å². The Bertz CT molecular complexity index is 458. The Hall–Kier alpha value is -0.650. The molecule has 2 saturated heterocycles. The number of carbonyl (C=O) groups is 1. The van der Waals surface area contributed by atoms with Crippen molar-refractivity contribution >= 4 is 5.91 Å². The van der Waals surface area contributed by atoms with Gasteiger partial charge < -0.3 is 10.2 Å². The summed E-state index contributed by atoms with van der Waals surface area (Å²) in [6.45, 7) is 21.5. The van der Waals surface area contributed by atoms with Gasteiger partial charge in [0.1, 0.15) is 0 Å². The maximum atomic E-state index is 11.7. The third kappa shape index (κ3) is 6.70. The molecule has 3 rings (SSSR count). The molecule has 28 heavy (non-hydrogen) atoms. The van der Waals surface area contributed by atoms with Gasteiger partial charge in [0.05, 0.1) is 0 Å². The van der Waals surface area contributed by atoms with Crippen LogP contribution >= 0.6 is 0 Å². The van der Waals surface area contributed by atoms with Crippen molar-refractivity contribution in [3.63, 3.8) is 0 Å². The molecule has 0 aromatic rings. The molecule has 0 aromatic heterocycles. The fraction of sp³-hybridized carbons (Fsp3) is 0.957. The largest absolute Gasteiger partial charge is 0.356 e. The van der Waals surface area contributed by atoms with Crippen molar-refractivity contribution in [2.45, 2.75) is 72.8 Å². The summed E-state index contributed by atoms with van der Waals surface area (Å²) in [5.74, 6) is 0.985. The van der Waals surface area contributed by atoms with Crippen LogP contribution in [0.5, 0.6) is 0 Å². The highest BCUT2D eigenvalue weighted by molar-refractivity contribution is 5.75. The highest BCUT2D eigenvalue weighted by Gasteiger charge is 2.54. The van der Waals surface area contributed by atoms with Crippen molar-refractivity contribution in [3.8, 4) is 0 Å². The molecule has 2 heterocycles. The van der Waals surface area contributed by atoms with Crippen LogP contribution in [0, 0.1) is 11.3 Å². The van der Waals surface area contributed by atoms with Crippen molar-refractivity contribution in [2.24, 2.45) is 11.3 Å². The fourth-order valence-corrected chi connectivity index (χ4v) is 4.89. The molecule has 3 aliphatic rings. The molecule has 2 aliphatic heterocycles. The quantitative estimate of drug-likeness (QED) is 0.683. The van der Waals surface area contributed by atoms with E-state index in [1.165, 1.54) is 71.6 Å². The number of piperazine rings is 1. The molecule has 3 fully saturated rings. The molecule has 1 N–H and O–H groups in total. The van der Waals surface area contributed by atoms with Crippen LogP contribution in [0.4, 0.5) is 0 Å². The zero-order chi connectivity index (χ0) is 20.6. The Labute approximate surface area is 175 Å². The van der Waals surface area contributed by atoms with Gasteiger partial charge in [-0.3, -0.25) is 14.6 Å². The summed E-state index contributed by atoms with van der Waals surface area (Å²) >= 11 is 0. The van der Waals surface area contributed by atoms with E-state index in [1.807, 2.05) is 13.8 Å². The summed E-state index contributed by atoms with van der Waals surface area (Å²) in [4.78, 5) is 19.6. The lowest BCUT2D eigenvalue weighted by Gasteiger charge is -2.39. The molecule has 166 valence electrons. The Morgan fingerprint density at radius 3 is 2.14 bits per heavy atom. The standard InChI is InChI=1S/C21H40N4O.C2H6.H2/c1-4-5-20(26)22-17-19-16-21(19)6-8-23(9-7-21)10-11-24-12-14-25(15-13-24)18(2)3;1-2;/h18-19H,4-17H2,1-3H3,(H,22,26);1-2H3;1H. The van der Waals surface area contributed by atoms with Gasteiger partial charge in [0.25, 0.3) is 0 Å². The smallest absolute Gasteiger partial charge is 0.219 e. The van der Waals surface area contributed by atoms with Gasteiger partial charge in [0, 0.05) is 59.7 Å². The number of amides is 1. The van der Waals surface area contributed by atoms with E-state index in [-0.39, 0.29) is 7.33 Å². The first-order chi connectivity index (χ1) is 13.5. The number of carbonyl (C=O) groups excluding carboxylic acids is 1. The van der Waals surface area contributed by atoms with Crippen LogP contribution in [0.1, 0.15) is 68.1 Å². The van der Waals surface area contributed by atoms with E-state index < -0.39 is 0 Å². The first-order valence-electron chi connectivity index (χ1n) is 12.0. The van der Waals surface area contributed by atoms with Gasteiger partial charge in [0.2, 0.25) is 5.91 Å². The van der Waals surface area contributed by atoms with Gasteiger partial charge in [-0.05, 0) is 64.0 Å². The maximum absolute atomic E-state index is 11.7. The molecule has 1 amide bonds. The molecule has 1 aliphatic carbocycles. The Kier molecular flexibility index (Phi) is 9.72. The number of hydrogen-bond acceptors (Lipinski definition) is 4. The number of nitrogens with zero attached hydrogens (tertiary/aromatic N) is 3. The van der Waals surface area contributed by atoms with Crippen molar-refractivity contribution in [2.75, 3.05) is 58.9 Å². The maximum Gasteiger partial charge on any atom is 0.219 e.